The van der Waals surface area contributed by atoms with Crippen molar-refractivity contribution >= 4 is 21.9 Å². The highest BCUT2D eigenvalue weighted by Gasteiger charge is 2.50. The Hall–Kier alpha value is -2.61. The number of nitrogens with zero attached hydrogens (tertiary/aromatic N) is 1. The molecule has 7 nitrogen and oxygen atoms in total. The highest BCUT2D eigenvalue weighted by Crippen LogP contribution is 2.35. The number of sulfonamides is 1. The summed E-state index contributed by atoms with van der Waals surface area (Å²) in [6.07, 6.45) is 0. The number of carbonyl (C=O) groups is 2. The Morgan fingerprint density at radius 1 is 1.20 bits per heavy atom. The number of ether oxygens (including phenoxy) is 2. The van der Waals surface area contributed by atoms with Gasteiger partial charge in [0.25, 0.3) is 10.0 Å². The van der Waals surface area contributed by atoms with Gasteiger partial charge in [-0.25, -0.2) is 17.5 Å². The summed E-state index contributed by atoms with van der Waals surface area (Å²) in [5, 5.41) is 0. The minimum Gasteiger partial charge on any atom is -0.491 e. The third-order valence-corrected chi connectivity index (χ3v) is 5.56. The van der Waals surface area contributed by atoms with Crippen LogP contribution in [0.25, 0.3) is 0 Å². The van der Waals surface area contributed by atoms with Crippen LogP contribution < -0.4 is 0 Å². The number of hydrogen-bond acceptors (Lipinski definition) is 6. The van der Waals surface area contributed by atoms with Gasteiger partial charge in [0.1, 0.15) is 11.6 Å². The van der Waals surface area contributed by atoms with Crippen LogP contribution >= 0.6 is 0 Å². The van der Waals surface area contributed by atoms with Gasteiger partial charge in [0, 0.05) is 0 Å². The average Bonchev–Trinajstić information content (AvgIpc) is 2.87. The number of carbonyl (C=O) groups excluding carboxylic acids is 2. The predicted molar refractivity (Wildman–Crippen MR) is 89.9 cm³/mol. The van der Waals surface area contributed by atoms with Gasteiger partial charge < -0.3 is 9.47 Å². The maximum absolute atomic E-state index is 13.0. The number of rotatable bonds is 5. The predicted octanol–water partition coefficient (Wildman–Crippen LogP) is 1.54. The Balaban J connectivity index is 2.65. The molecule has 1 aliphatic rings. The molecule has 2 rings (SSSR count). The van der Waals surface area contributed by atoms with Crippen molar-refractivity contribution in [3.63, 3.8) is 0 Å². The molecule has 0 bridgehead atoms. The molecule has 0 radical (unpaired) electrons. The molecule has 0 saturated heterocycles. The summed E-state index contributed by atoms with van der Waals surface area (Å²) < 4.78 is 36.3. The van der Waals surface area contributed by atoms with Crippen molar-refractivity contribution in [1.82, 2.24) is 4.31 Å². The van der Waals surface area contributed by atoms with Gasteiger partial charge in [-0.3, -0.25) is 4.79 Å². The first-order valence-electron chi connectivity index (χ1n) is 7.34. The molecule has 1 amide bonds. The lowest BCUT2D eigenvalue weighted by atomic mass is 10.0. The van der Waals surface area contributed by atoms with Gasteiger partial charge in [-0.2, -0.15) is 0 Å². The van der Waals surface area contributed by atoms with Gasteiger partial charge >= 0.3 is 11.9 Å². The zero-order chi connectivity index (χ0) is 18.9. The van der Waals surface area contributed by atoms with Crippen LogP contribution in [-0.4, -0.2) is 44.9 Å². The fourth-order valence-electron chi connectivity index (χ4n) is 2.60. The van der Waals surface area contributed by atoms with E-state index in [9.17, 15) is 18.0 Å². The second-order valence-corrected chi connectivity index (χ2v) is 7.42. The normalized spacial score (nSPS) is 17.7. The number of aryl methyl sites for hydroxylation is 1. The molecule has 0 N–H and O–H groups in total. The summed E-state index contributed by atoms with van der Waals surface area (Å²) in [5.41, 5.74) is 0.976. The molecule has 1 unspecified atom stereocenters. The lowest BCUT2D eigenvalue weighted by Gasteiger charge is -2.25. The van der Waals surface area contributed by atoms with Crippen molar-refractivity contribution in [2.45, 2.75) is 24.8 Å². The molecule has 1 aromatic carbocycles. The number of hydrogen-bond donors (Lipinski definition) is 0. The van der Waals surface area contributed by atoms with E-state index in [0.717, 1.165) is 12.7 Å². The number of methoxy groups -OCH3 is 2. The standard InChI is InChI=1S/C17H19NO6S/c1-10(2)14-13(17(20)24-5)15(23-4)16(19)18(14)25(21,22)12-8-6-11(3)7-9-12/h6-9,14H,1H2,2-5H3. The first kappa shape index (κ1) is 18.7. The minimum absolute atomic E-state index is 0.0701. The first-order chi connectivity index (χ1) is 11.7. The summed E-state index contributed by atoms with van der Waals surface area (Å²) in [4.78, 5) is 24.7. The summed E-state index contributed by atoms with van der Waals surface area (Å²) >= 11 is 0. The second-order valence-electron chi connectivity index (χ2n) is 5.61. The topological polar surface area (TPSA) is 90.0 Å². The maximum atomic E-state index is 13.0. The molecule has 1 aromatic rings. The smallest absolute Gasteiger partial charge is 0.340 e. The Bertz CT molecular complexity index is 867. The first-order valence-corrected chi connectivity index (χ1v) is 8.78. The second kappa shape index (κ2) is 6.72. The number of amides is 1. The van der Waals surface area contributed by atoms with Gasteiger partial charge in [0.15, 0.2) is 5.76 Å². The van der Waals surface area contributed by atoms with E-state index in [1.54, 1.807) is 12.1 Å². The van der Waals surface area contributed by atoms with E-state index in [1.165, 1.54) is 26.2 Å². The van der Waals surface area contributed by atoms with E-state index in [1.807, 2.05) is 6.92 Å². The fraction of sp³-hybridized carbons (Fsp3) is 0.294. The molecule has 0 aliphatic carbocycles. The molecule has 8 heteroatoms. The molecular formula is C17H19NO6S. The van der Waals surface area contributed by atoms with E-state index in [4.69, 9.17) is 4.74 Å². The van der Waals surface area contributed by atoms with Crippen LogP contribution in [0.3, 0.4) is 0 Å². The Morgan fingerprint density at radius 2 is 1.76 bits per heavy atom. The molecular weight excluding hydrogens is 346 g/mol. The molecule has 0 spiro atoms. The van der Waals surface area contributed by atoms with Crippen molar-refractivity contribution in [2.24, 2.45) is 0 Å². The molecule has 0 saturated carbocycles. The van der Waals surface area contributed by atoms with E-state index >= 15 is 0 Å². The highest BCUT2D eigenvalue weighted by molar-refractivity contribution is 7.89. The van der Waals surface area contributed by atoms with Crippen LogP contribution in [0.4, 0.5) is 0 Å². The Kier molecular flexibility index (Phi) is 5.03. The fourth-order valence-corrected chi connectivity index (χ4v) is 4.18. The van der Waals surface area contributed by atoms with Crippen LogP contribution in [0.15, 0.2) is 52.6 Å². The Labute approximate surface area is 146 Å². The third-order valence-electron chi connectivity index (χ3n) is 3.80. The number of esters is 1. The molecule has 1 atom stereocenters. The molecule has 0 fully saturated rings. The van der Waals surface area contributed by atoms with Crippen LogP contribution in [0.1, 0.15) is 12.5 Å². The van der Waals surface area contributed by atoms with Crippen LogP contribution in [-0.2, 0) is 29.1 Å². The van der Waals surface area contributed by atoms with E-state index < -0.39 is 27.9 Å². The Morgan fingerprint density at radius 3 is 2.20 bits per heavy atom. The van der Waals surface area contributed by atoms with Crippen LogP contribution in [0.2, 0.25) is 0 Å². The molecule has 1 heterocycles. The van der Waals surface area contributed by atoms with Crippen molar-refractivity contribution in [2.75, 3.05) is 14.2 Å². The van der Waals surface area contributed by atoms with Crippen molar-refractivity contribution < 1.29 is 27.5 Å². The van der Waals surface area contributed by atoms with Crippen LogP contribution in [0.5, 0.6) is 0 Å². The zero-order valence-corrected chi connectivity index (χ0v) is 15.2. The van der Waals surface area contributed by atoms with Crippen molar-refractivity contribution in [1.29, 1.82) is 0 Å². The molecule has 134 valence electrons. The van der Waals surface area contributed by atoms with Gasteiger partial charge in [0.05, 0.1) is 19.1 Å². The van der Waals surface area contributed by atoms with Gasteiger partial charge in [-0.05, 0) is 26.0 Å². The number of benzene rings is 1. The van der Waals surface area contributed by atoms with Crippen molar-refractivity contribution in [3.8, 4) is 0 Å². The summed E-state index contributed by atoms with van der Waals surface area (Å²) in [7, 11) is -1.90. The van der Waals surface area contributed by atoms with Gasteiger partial charge in [0.2, 0.25) is 0 Å². The maximum Gasteiger partial charge on any atom is 0.340 e. The molecule has 1 aliphatic heterocycles. The van der Waals surface area contributed by atoms with Gasteiger partial charge in [-0.1, -0.05) is 29.8 Å². The van der Waals surface area contributed by atoms with E-state index in [-0.39, 0.29) is 21.8 Å². The quantitative estimate of drug-likeness (QED) is 0.581. The average molecular weight is 365 g/mol. The van der Waals surface area contributed by atoms with E-state index in [2.05, 4.69) is 11.3 Å². The summed E-state index contributed by atoms with van der Waals surface area (Å²) in [6, 6.07) is 4.84. The highest BCUT2D eigenvalue weighted by atomic mass is 32.2. The van der Waals surface area contributed by atoms with E-state index in [0.29, 0.717) is 4.31 Å². The lowest BCUT2D eigenvalue weighted by Crippen LogP contribution is -2.42. The summed E-state index contributed by atoms with van der Waals surface area (Å²) in [6.45, 7) is 7.06. The zero-order valence-electron chi connectivity index (χ0n) is 14.4. The molecule has 0 aromatic heterocycles. The van der Waals surface area contributed by atoms with Gasteiger partial charge in [-0.15, -0.1) is 0 Å². The monoisotopic (exact) mass is 365 g/mol. The minimum atomic E-state index is -4.22. The largest absolute Gasteiger partial charge is 0.491 e. The SMILES string of the molecule is C=C(C)C1C(C(=O)OC)=C(OC)C(=O)N1S(=O)(=O)c1ccc(C)cc1. The van der Waals surface area contributed by atoms with Crippen LogP contribution in [0, 0.1) is 6.92 Å². The van der Waals surface area contributed by atoms with Crippen molar-refractivity contribution in [3.05, 3.63) is 53.3 Å². The third kappa shape index (κ3) is 3.05. The lowest BCUT2D eigenvalue weighted by molar-refractivity contribution is -0.136. The molecule has 25 heavy (non-hydrogen) atoms. The summed E-state index contributed by atoms with van der Waals surface area (Å²) in [5.74, 6) is -2.15.